The fourth-order valence-corrected chi connectivity index (χ4v) is 4.15. The second kappa shape index (κ2) is 11.0. The van der Waals surface area contributed by atoms with Gasteiger partial charge in [0.2, 0.25) is 0 Å². The molecule has 0 N–H and O–H groups in total. The van der Waals surface area contributed by atoms with Crippen molar-refractivity contribution >= 4 is 22.4 Å². The normalized spacial score (nSPS) is 11.3. The first-order valence-electron chi connectivity index (χ1n) is 11.6. The highest BCUT2D eigenvalue weighted by molar-refractivity contribution is 6.30. The first-order chi connectivity index (χ1) is 16.4. The smallest absolute Gasteiger partial charge is 0.145 e. The molecule has 0 fully saturated rings. The average molecular weight is 483 g/mol. The van der Waals surface area contributed by atoms with Gasteiger partial charge < -0.3 is 0 Å². The molecule has 1 aromatic heterocycles. The maximum atomic E-state index is 15.1. The van der Waals surface area contributed by atoms with E-state index < -0.39 is 16.7 Å². The molecule has 0 bridgehead atoms. The van der Waals surface area contributed by atoms with Crippen molar-refractivity contribution in [2.45, 2.75) is 51.9 Å². The molecule has 0 saturated heterocycles. The molecular formula is C28H26ClF3N2. The number of hydrogen-bond acceptors (Lipinski definition) is 2. The molecule has 0 saturated carbocycles. The topological polar surface area (TPSA) is 25.8 Å². The SMILES string of the molecule is CCCCc1cnc(CCc2ccc3c(F)c(CCc4cc(F)c(Cl)c(F)c4)ccc3c2)nc1. The summed E-state index contributed by atoms with van der Waals surface area (Å²) in [5.74, 6) is -1.11. The quantitative estimate of drug-likeness (QED) is 0.229. The van der Waals surface area contributed by atoms with Gasteiger partial charge in [0.25, 0.3) is 0 Å². The number of rotatable bonds is 9. The van der Waals surface area contributed by atoms with E-state index in [1.54, 1.807) is 12.1 Å². The van der Waals surface area contributed by atoms with Crippen molar-refractivity contribution in [1.29, 1.82) is 0 Å². The van der Waals surface area contributed by atoms with E-state index in [1.807, 2.05) is 30.6 Å². The lowest BCUT2D eigenvalue weighted by atomic mass is 9.98. The van der Waals surface area contributed by atoms with E-state index in [-0.39, 0.29) is 5.82 Å². The Hall–Kier alpha value is -2.92. The summed E-state index contributed by atoms with van der Waals surface area (Å²) in [7, 11) is 0. The van der Waals surface area contributed by atoms with Gasteiger partial charge in [-0.1, -0.05) is 55.3 Å². The third-order valence-electron chi connectivity index (χ3n) is 6.04. The first kappa shape index (κ1) is 24.2. The molecule has 176 valence electrons. The van der Waals surface area contributed by atoms with Crippen molar-refractivity contribution in [2.75, 3.05) is 0 Å². The van der Waals surface area contributed by atoms with Crippen molar-refractivity contribution in [3.63, 3.8) is 0 Å². The minimum absolute atomic E-state index is 0.301. The molecule has 0 aliphatic heterocycles. The van der Waals surface area contributed by atoms with Crippen LogP contribution in [0, 0.1) is 17.5 Å². The summed E-state index contributed by atoms with van der Waals surface area (Å²) in [5, 5.41) is 0.830. The molecule has 34 heavy (non-hydrogen) atoms. The van der Waals surface area contributed by atoms with Crippen molar-refractivity contribution in [3.05, 3.63) is 105 Å². The zero-order chi connectivity index (χ0) is 24.1. The van der Waals surface area contributed by atoms with Crippen LogP contribution in [-0.2, 0) is 32.1 Å². The number of unbranched alkanes of at least 4 members (excludes halogenated alkanes) is 1. The van der Waals surface area contributed by atoms with Crippen LogP contribution >= 0.6 is 11.6 Å². The molecule has 1 heterocycles. The highest BCUT2D eigenvalue weighted by Gasteiger charge is 2.12. The minimum atomic E-state index is -0.805. The minimum Gasteiger partial charge on any atom is -0.241 e. The first-order valence-corrected chi connectivity index (χ1v) is 12.0. The summed E-state index contributed by atoms with van der Waals surface area (Å²) in [6.07, 6.45) is 9.21. The Morgan fingerprint density at radius 2 is 1.44 bits per heavy atom. The van der Waals surface area contributed by atoms with Gasteiger partial charge in [-0.15, -0.1) is 0 Å². The average Bonchev–Trinajstić information content (AvgIpc) is 2.85. The van der Waals surface area contributed by atoms with Crippen LogP contribution in [0.4, 0.5) is 13.2 Å². The van der Waals surface area contributed by atoms with E-state index in [0.717, 1.165) is 48.0 Å². The molecule has 3 aromatic carbocycles. The van der Waals surface area contributed by atoms with Crippen molar-refractivity contribution in [1.82, 2.24) is 9.97 Å². The van der Waals surface area contributed by atoms with E-state index in [0.29, 0.717) is 35.8 Å². The molecule has 0 radical (unpaired) electrons. The van der Waals surface area contributed by atoms with Gasteiger partial charge in [0, 0.05) is 24.2 Å². The molecule has 0 spiro atoms. The molecule has 2 nitrogen and oxygen atoms in total. The van der Waals surface area contributed by atoms with Gasteiger partial charge in [0.1, 0.15) is 28.3 Å². The maximum Gasteiger partial charge on any atom is 0.145 e. The fourth-order valence-electron chi connectivity index (χ4n) is 4.04. The van der Waals surface area contributed by atoms with Crippen molar-refractivity contribution in [3.8, 4) is 0 Å². The summed E-state index contributed by atoms with van der Waals surface area (Å²) >= 11 is 5.53. The van der Waals surface area contributed by atoms with E-state index in [4.69, 9.17) is 11.6 Å². The molecular weight excluding hydrogens is 457 g/mol. The number of aromatic nitrogens is 2. The van der Waals surface area contributed by atoms with E-state index >= 15 is 4.39 Å². The summed E-state index contributed by atoms with van der Waals surface area (Å²) < 4.78 is 42.5. The lowest BCUT2D eigenvalue weighted by Gasteiger charge is -2.09. The van der Waals surface area contributed by atoms with Crippen LogP contribution in [0.15, 0.2) is 54.9 Å². The molecule has 4 rings (SSSR count). The number of benzene rings is 3. The van der Waals surface area contributed by atoms with Gasteiger partial charge >= 0.3 is 0 Å². The number of fused-ring (bicyclic) bond motifs is 1. The Balaban J connectivity index is 1.42. The summed E-state index contributed by atoms with van der Waals surface area (Å²) in [5.41, 5.74) is 3.20. The number of halogens is 4. The highest BCUT2D eigenvalue weighted by atomic mass is 35.5. The molecule has 0 unspecified atom stereocenters. The van der Waals surface area contributed by atoms with Gasteiger partial charge in [-0.05, 0) is 71.9 Å². The van der Waals surface area contributed by atoms with Gasteiger partial charge in [-0.3, -0.25) is 0 Å². The van der Waals surface area contributed by atoms with E-state index in [9.17, 15) is 8.78 Å². The maximum absolute atomic E-state index is 15.1. The predicted molar refractivity (Wildman–Crippen MR) is 131 cm³/mol. The summed E-state index contributed by atoms with van der Waals surface area (Å²) in [4.78, 5) is 8.94. The van der Waals surface area contributed by atoms with Gasteiger partial charge in [-0.25, -0.2) is 23.1 Å². The second-order valence-electron chi connectivity index (χ2n) is 8.58. The summed E-state index contributed by atoms with van der Waals surface area (Å²) in [6, 6.07) is 11.7. The standard InChI is InChI=1S/C28H26ClF3N2/c1-2-3-4-20-16-33-26(34-17-20)12-7-18-6-11-23-22(13-18)10-9-21(28(23)32)8-5-19-14-24(30)27(29)25(31)15-19/h6,9-11,13-17H,2-5,7-8,12H2,1H3. The van der Waals surface area contributed by atoms with Crippen LogP contribution in [0.3, 0.4) is 0 Å². The third-order valence-corrected chi connectivity index (χ3v) is 6.40. The third kappa shape index (κ3) is 5.76. The number of nitrogens with zero attached hydrogens (tertiary/aromatic N) is 2. The second-order valence-corrected chi connectivity index (χ2v) is 8.96. The lowest BCUT2D eigenvalue weighted by Crippen LogP contribution is -2.00. The summed E-state index contributed by atoms with van der Waals surface area (Å²) in [6.45, 7) is 2.16. The fraction of sp³-hybridized carbons (Fsp3) is 0.286. The zero-order valence-electron chi connectivity index (χ0n) is 19.1. The monoisotopic (exact) mass is 482 g/mol. The molecule has 0 amide bonds. The van der Waals surface area contributed by atoms with Crippen LogP contribution in [0.25, 0.3) is 10.8 Å². The van der Waals surface area contributed by atoms with Crippen LogP contribution < -0.4 is 0 Å². The van der Waals surface area contributed by atoms with Crippen molar-refractivity contribution in [2.24, 2.45) is 0 Å². The van der Waals surface area contributed by atoms with Crippen LogP contribution in [-0.4, -0.2) is 9.97 Å². The molecule has 0 atom stereocenters. The zero-order valence-corrected chi connectivity index (χ0v) is 19.8. The van der Waals surface area contributed by atoms with Crippen LogP contribution in [0.5, 0.6) is 0 Å². The number of aryl methyl sites for hydroxylation is 5. The van der Waals surface area contributed by atoms with Crippen LogP contribution in [0.1, 0.15) is 47.8 Å². The van der Waals surface area contributed by atoms with Gasteiger partial charge in [0.15, 0.2) is 0 Å². The van der Waals surface area contributed by atoms with E-state index in [2.05, 4.69) is 16.9 Å². The lowest BCUT2D eigenvalue weighted by molar-refractivity contribution is 0.579. The Kier molecular flexibility index (Phi) is 7.84. The van der Waals surface area contributed by atoms with Crippen LogP contribution in [0.2, 0.25) is 5.02 Å². The molecule has 4 aromatic rings. The Bertz CT molecular complexity index is 1270. The largest absolute Gasteiger partial charge is 0.241 e. The Morgan fingerprint density at radius 1 is 0.735 bits per heavy atom. The number of hydrogen-bond donors (Lipinski definition) is 0. The molecule has 6 heteroatoms. The van der Waals surface area contributed by atoms with E-state index in [1.165, 1.54) is 12.1 Å². The van der Waals surface area contributed by atoms with Gasteiger partial charge in [-0.2, -0.15) is 0 Å². The van der Waals surface area contributed by atoms with Crippen molar-refractivity contribution < 1.29 is 13.2 Å². The molecule has 0 aliphatic rings. The molecule has 0 aliphatic carbocycles. The van der Waals surface area contributed by atoms with Gasteiger partial charge in [0.05, 0.1) is 0 Å². The predicted octanol–water partition coefficient (Wildman–Crippen LogP) is 7.61. The Morgan fingerprint density at radius 3 is 2.15 bits per heavy atom. The highest BCUT2D eigenvalue weighted by Crippen LogP contribution is 2.25. The Labute approximate surface area is 202 Å².